The molecule has 0 aromatic rings. The molecule has 2 rings (SSSR count). The van der Waals surface area contributed by atoms with Crippen LogP contribution in [0.15, 0.2) is 0 Å². The van der Waals surface area contributed by atoms with Crippen molar-refractivity contribution in [3.8, 4) is 0 Å². The molecule has 2 aliphatic rings. The van der Waals surface area contributed by atoms with E-state index in [2.05, 4.69) is 0 Å². The van der Waals surface area contributed by atoms with Crippen molar-refractivity contribution < 1.29 is 55.1 Å². The van der Waals surface area contributed by atoms with Gasteiger partial charge >= 0.3 is 0 Å². The standard InChI is InChI=1S/C12H22O11.H3N/c13-1-3-5(15)6(16)9(19)12(22-3)23-10-4(2-14)21-11(20)8(18)7(10)17;/h3-20H,1-2H2;1H3/t3-,4-,5+,6+,7-,8-,9-,10-,11?,12+;/m1./s1. The summed E-state index contributed by atoms with van der Waals surface area (Å²) in [5.74, 6) is 0. The van der Waals surface area contributed by atoms with Gasteiger partial charge in [0, 0.05) is 0 Å². The zero-order chi connectivity index (χ0) is 17.3. The zero-order valence-corrected chi connectivity index (χ0v) is 12.7. The number of aliphatic hydroxyl groups is 8. The molecular formula is C12H25NO11. The molecule has 0 aromatic heterocycles. The summed E-state index contributed by atoms with van der Waals surface area (Å²) in [6.45, 7) is -1.35. The maximum atomic E-state index is 9.94. The Labute approximate surface area is 137 Å². The van der Waals surface area contributed by atoms with Gasteiger partial charge in [0.1, 0.15) is 48.8 Å². The Hall–Kier alpha value is -0.480. The molecule has 24 heavy (non-hydrogen) atoms. The molecule has 0 aromatic carbocycles. The van der Waals surface area contributed by atoms with Gasteiger partial charge < -0.3 is 61.2 Å². The summed E-state index contributed by atoms with van der Waals surface area (Å²) >= 11 is 0. The predicted octanol–water partition coefficient (Wildman–Crippen LogP) is -5.24. The van der Waals surface area contributed by atoms with E-state index in [1.54, 1.807) is 0 Å². The van der Waals surface area contributed by atoms with E-state index in [0.717, 1.165) is 0 Å². The third-order valence-corrected chi connectivity index (χ3v) is 3.98. The van der Waals surface area contributed by atoms with Crippen LogP contribution in [0.1, 0.15) is 0 Å². The van der Waals surface area contributed by atoms with Gasteiger partial charge in [0.25, 0.3) is 0 Å². The minimum Gasteiger partial charge on any atom is -0.394 e. The van der Waals surface area contributed by atoms with Crippen LogP contribution in [-0.2, 0) is 14.2 Å². The Morgan fingerprint density at radius 3 is 1.79 bits per heavy atom. The first-order valence-electron chi connectivity index (χ1n) is 7.08. The lowest BCUT2D eigenvalue weighted by Gasteiger charge is -2.45. The lowest BCUT2D eigenvalue weighted by molar-refractivity contribution is -0.355. The molecule has 0 bridgehead atoms. The fourth-order valence-corrected chi connectivity index (χ4v) is 2.57. The van der Waals surface area contributed by atoms with Crippen LogP contribution in [0.25, 0.3) is 0 Å². The molecule has 1 unspecified atom stereocenters. The molecule has 2 aliphatic heterocycles. The third-order valence-electron chi connectivity index (χ3n) is 3.98. The van der Waals surface area contributed by atoms with E-state index in [0.29, 0.717) is 0 Å². The van der Waals surface area contributed by atoms with Crippen molar-refractivity contribution in [1.82, 2.24) is 6.15 Å². The van der Waals surface area contributed by atoms with Gasteiger partial charge in [0.15, 0.2) is 12.6 Å². The molecule has 0 saturated carbocycles. The van der Waals surface area contributed by atoms with E-state index in [-0.39, 0.29) is 6.15 Å². The minimum absolute atomic E-state index is 0. The average molecular weight is 359 g/mol. The fourth-order valence-electron chi connectivity index (χ4n) is 2.57. The van der Waals surface area contributed by atoms with E-state index in [1.165, 1.54) is 0 Å². The fraction of sp³-hybridized carbons (Fsp3) is 1.00. The minimum atomic E-state index is -1.74. The maximum Gasteiger partial charge on any atom is 0.187 e. The van der Waals surface area contributed by atoms with E-state index in [1.807, 2.05) is 0 Å². The van der Waals surface area contributed by atoms with Crippen LogP contribution in [0.2, 0.25) is 0 Å². The molecule has 2 fully saturated rings. The van der Waals surface area contributed by atoms with Crippen molar-refractivity contribution in [2.75, 3.05) is 13.2 Å². The van der Waals surface area contributed by atoms with Crippen molar-refractivity contribution >= 4 is 0 Å². The highest BCUT2D eigenvalue weighted by Gasteiger charge is 2.50. The number of hydrogen-bond donors (Lipinski definition) is 9. The van der Waals surface area contributed by atoms with Crippen molar-refractivity contribution in [2.45, 2.75) is 61.4 Å². The molecule has 0 spiro atoms. The van der Waals surface area contributed by atoms with Crippen molar-refractivity contribution in [2.24, 2.45) is 0 Å². The van der Waals surface area contributed by atoms with Crippen LogP contribution >= 0.6 is 0 Å². The van der Waals surface area contributed by atoms with Crippen LogP contribution in [0, 0.1) is 0 Å². The largest absolute Gasteiger partial charge is 0.394 e. The van der Waals surface area contributed by atoms with Gasteiger partial charge in [0.05, 0.1) is 13.2 Å². The highest BCUT2D eigenvalue weighted by molar-refractivity contribution is 4.93. The SMILES string of the molecule is N.OC[C@H]1O[C@@H](O[C@H]2[C@H](O)[C@@H](O)C(O)O[C@@H]2CO)[C@H](O)[C@@H](O)[C@H]1O. The quantitative estimate of drug-likeness (QED) is 0.229. The molecule has 0 aliphatic carbocycles. The second-order valence-electron chi connectivity index (χ2n) is 5.53. The average Bonchev–Trinajstić information content (AvgIpc) is 2.55. The summed E-state index contributed by atoms with van der Waals surface area (Å²) in [7, 11) is 0. The van der Waals surface area contributed by atoms with Crippen molar-refractivity contribution in [3.05, 3.63) is 0 Å². The smallest absolute Gasteiger partial charge is 0.187 e. The van der Waals surface area contributed by atoms with Crippen LogP contribution in [0.3, 0.4) is 0 Å². The van der Waals surface area contributed by atoms with E-state index in [4.69, 9.17) is 19.3 Å². The monoisotopic (exact) mass is 359 g/mol. The Kier molecular flexibility index (Phi) is 7.86. The highest BCUT2D eigenvalue weighted by atomic mass is 16.7. The molecule has 12 heteroatoms. The van der Waals surface area contributed by atoms with E-state index >= 15 is 0 Å². The summed E-state index contributed by atoms with van der Waals surface area (Å²) in [5.41, 5.74) is 0. The number of aliphatic hydroxyl groups excluding tert-OH is 8. The first kappa shape index (κ1) is 21.6. The van der Waals surface area contributed by atoms with Gasteiger partial charge in [-0.05, 0) is 0 Å². The van der Waals surface area contributed by atoms with Gasteiger partial charge in [-0.15, -0.1) is 0 Å². The van der Waals surface area contributed by atoms with E-state index < -0.39 is 74.6 Å². The summed E-state index contributed by atoms with van der Waals surface area (Å²) < 4.78 is 15.3. The first-order chi connectivity index (χ1) is 10.8. The Balaban J connectivity index is 0.00000288. The van der Waals surface area contributed by atoms with Gasteiger partial charge in [-0.1, -0.05) is 0 Å². The van der Waals surface area contributed by atoms with Crippen molar-refractivity contribution in [3.63, 3.8) is 0 Å². The van der Waals surface area contributed by atoms with Gasteiger partial charge in [-0.2, -0.15) is 0 Å². The number of hydrogen-bond acceptors (Lipinski definition) is 12. The van der Waals surface area contributed by atoms with Gasteiger partial charge in [-0.3, -0.25) is 0 Å². The normalized spacial score (nSPS) is 49.5. The zero-order valence-electron chi connectivity index (χ0n) is 12.7. The molecule has 2 saturated heterocycles. The molecular weight excluding hydrogens is 334 g/mol. The van der Waals surface area contributed by atoms with Crippen LogP contribution < -0.4 is 6.15 Å². The second kappa shape index (κ2) is 8.75. The van der Waals surface area contributed by atoms with E-state index in [9.17, 15) is 35.7 Å². The Morgan fingerprint density at radius 1 is 0.667 bits per heavy atom. The summed E-state index contributed by atoms with van der Waals surface area (Å²) in [4.78, 5) is 0. The summed E-state index contributed by atoms with van der Waals surface area (Å²) in [6.07, 6.45) is -15.6. The predicted molar refractivity (Wildman–Crippen MR) is 73.6 cm³/mol. The first-order valence-corrected chi connectivity index (χ1v) is 7.08. The Bertz CT molecular complexity index is 384. The Morgan fingerprint density at radius 2 is 1.25 bits per heavy atom. The van der Waals surface area contributed by atoms with Crippen LogP contribution in [0.4, 0.5) is 0 Å². The lowest BCUT2D eigenvalue weighted by Crippen LogP contribution is -2.64. The van der Waals surface area contributed by atoms with Crippen LogP contribution in [-0.4, -0.2) is 115 Å². The van der Waals surface area contributed by atoms with Gasteiger partial charge in [0.2, 0.25) is 0 Å². The summed E-state index contributed by atoms with van der Waals surface area (Å²) in [5, 5.41) is 76.5. The van der Waals surface area contributed by atoms with Crippen LogP contribution in [0.5, 0.6) is 0 Å². The van der Waals surface area contributed by atoms with Gasteiger partial charge in [-0.25, -0.2) is 0 Å². The third kappa shape index (κ3) is 4.01. The summed E-state index contributed by atoms with van der Waals surface area (Å²) in [6, 6.07) is 0. The maximum absolute atomic E-state index is 9.94. The molecule has 0 radical (unpaired) electrons. The number of ether oxygens (including phenoxy) is 3. The number of rotatable bonds is 4. The molecule has 2 heterocycles. The molecule has 12 nitrogen and oxygen atoms in total. The highest BCUT2D eigenvalue weighted by Crippen LogP contribution is 2.28. The topological polar surface area (TPSA) is 225 Å². The second-order valence-corrected chi connectivity index (χ2v) is 5.53. The van der Waals surface area contributed by atoms with Crippen molar-refractivity contribution in [1.29, 1.82) is 0 Å². The molecule has 0 amide bonds. The molecule has 144 valence electrons. The lowest BCUT2D eigenvalue weighted by atomic mass is 9.97. The molecule has 10 atom stereocenters. The molecule has 11 N–H and O–H groups in total.